The molecule has 0 aliphatic heterocycles. The van der Waals surface area contributed by atoms with Gasteiger partial charge in [0.05, 0.1) is 0 Å². The second-order valence-corrected chi connectivity index (χ2v) is 7.61. The molecule has 0 amide bonds. The van der Waals surface area contributed by atoms with Gasteiger partial charge in [-0.15, -0.1) is 0 Å². The van der Waals surface area contributed by atoms with Gasteiger partial charge in [-0.2, -0.15) is 0 Å². The summed E-state index contributed by atoms with van der Waals surface area (Å²) in [4.78, 5) is 11.8. The molecule has 0 radical (unpaired) electrons. The van der Waals surface area contributed by atoms with Crippen molar-refractivity contribution in [2.75, 3.05) is 0 Å². The molecule has 0 spiro atoms. The molecule has 1 aromatic rings. The molecule has 1 atom stereocenters. The molecule has 2 rings (SSSR count). The van der Waals surface area contributed by atoms with E-state index in [0.717, 1.165) is 30.7 Å². The summed E-state index contributed by atoms with van der Waals surface area (Å²) in [6.07, 6.45) is 5.19. The van der Waals surface area contributed by atoms with Crippen LogP contribution in [0.1, 0.15) is 56.4 Å². The summed E-state index contributed by atoms with van der Waals surface area (Å²) in [7, 11) is -1.34. The van der Waals surface area contributed by atoms with Gasteiger partial charge in [-0.05, 0) is 68.0 Å². The Kier molecular flexibility index (Phi) is 7.31. The van der Waals surface area contributed by atoms with Crippen LogP contribution >= 0.6 is 11.6 Å². The van der Waals surface area contributed by atoms with Crippen molar-refractivity contribution in [3.63, 3.8) is 0 Å². The molecule has 0 saturated heterocycles. The molecular formula is C18H27BClNO4. The number of hydrogen-bond acceptors (Lipinski definition) is 4. The van der Waals surface area contributed by atoms with Gasteiger partial charge in [0.2, 0.25) is 0 Å². The van der Waals surface area contributed by atoms with Crippen LogP contribution < -0.4 is 5.73 Å². The van der Waals surface area contributed by atoms with Gasteiger partial charge in [0.15, 0.2) is 0 Å². The number of aliphatic carboxylic acids is 1. The lowest BCUT2D eigenvalue weighted by atomic mass is 9.68. The topological polar surface area (TPSA) is 104 Å². The van der Waals surface area contributed by atoms with Crippen LogP contribution in [0, 0.1) is 5.92 Å². The molecule has 1 aliphatic rings. The number of carboxylic acid groups (broad SMARTS) is 1. The molecule has 0 aromatic heterocycles. The lowest BCUT2D eigenvalue weighted by molar-refractivity contribution is -0.146. The predicted molar refractivity (Wildman–Crippen MR) is 99.6 cm³/mol. The Hall–Kier alpha value is -1.08. The van der Waals surface area contributed by atoms with Gasteiger partial charge < -0.3 is 20.9 Å². The predicted octanol–water partition coefficient (Wildman–Crippen LogP) is 3.04. The summed E-state index contributed by atoms with van der Waals surface area (Å²) < 4.78 is 0. The molecule has 5 nitrogen and oxygen atoms in total. The zero-order valence-electron chi connectivity index (χ0n) is 14.4. The molecule has 1 aromatic carbocycles. The van der Waals surface area contributed by atoms with Crippen molar-refractivity contribution in [3.05, 3.63) is 34.9 Å². The molecule has 0 heterocycles. The fraction of sp³-hybridized carbons (Fsp3) is 0.611. The van der Waals surface area contributed by atoms with E-state index >= 15 is 0 Å². The first kappa shape index (κ1) is 20.2. The van der Waals surface area contributed by atoms with Gasteiger partial charge >= 0.3 is 13.1 Å². The quantitative estimate of drug-likeness (QED) is 0.417. The van der Waals surface area contributed by atoms with Gasteiger partial charge in [0.1, 0.15) is 5.54 Å². The van der Waals surface area contributed by atoms with Gasteiger partial charge in [0, 0.05) is 5.02 Å². The fourth-order valence-electron chi connectivity index (χ4n) is 3.91. The number of carboxylic acids is 1. The van der Waals surface area contributed by atoms with Gasteiger partial charge in [-0.1, -0.05) is 36.6 Å². The Bertz CT molecular complexity index is 561. The van der Waals surface area contributed by atoms with E-state index in [4.69, 9.17) is 27.4 Å². The highest BCUT2D eigenvalue weighted by atomic mass is 35.5. The van der Waals surface area contributed by atoms with Crippen LogP contribution in [-0.2, 0) is 4.79 Å². The lowest BCUT2D eigenvalue weighted by Gasteiger charge is -2.39. The van der Waals surface area contributed by atoms with Crippen LogP contribution in [0.25, 0.3) is 0 Å². The average molecular weight is 368 g/mol. The first-order valence-corrected chi connectivity index (χ1v) is 9.34. The average Bonchev–Trinajstić information content (AvgIpc) is 2.59. The van der Waals surface area contributed by atoms with Crippen LogP contribution in [-0.4, -0.2) is 33.8 Å². The van der Waals surface area contributed by atoms with E-state index in [1.54, 1.807) is 0 Å². The maximum Gasteiger partial charge on any atom is 0.451 e. The van der Waals surface area contributed by atoms with Gasteiger partial charge in [0.25, 0.3) is 0 Å². The third-order valence-corrected chi connectivity index (χ3v) is 5.75. The second-order valence-electron chi connectivity index (χ2n) is 7.17. The van der Waals surface area contributed by atoms with Crippen molar-refractivity contribution in [2.45, 2.75) is 62.7 Å². The van der Waals surface area contributed by atoms with Crippen molar-refractivity contribution in [1.82, 2.24) is 0 Å². The number of hydrogen-bond donors (Lipinski definition) is 4. The summed E-state index contributed by atoms with van der Waals surface area (Å²) in [5, 5.41) is 28.2. The number of rotatable bonds is 8. The van der Waals surface area contributed by atoms with Crippen LogP contribution in [0.5, 0.6) is 0 Å². The van der Waals surface area contributed by atoms with Gasteiger partial charge in [-0.25, -0.2) is 0 Å². The molecule has 5 N–H and O–H groups in total. The van der Waals surface area contributed by atoms with Crippen molar-refractivity contribution in [3.8, 4) is 0 Å². The van der Waals surface area contributed by atoms with E-state index in [-0.39, 0.29) is 12.2 Å². The third-order valence-electron chi connectivity index (χ3n) is 5.50. The highest BCUT2D eigenvalue weighted by Crippen LogP contribution is 2.41. The van der Waals surface area contributed by atoms with Crippen molar-refractivity contribution < 1.29 is 19.9 Å². The number of benzene rings is 1. The summed E-state index contributed by atoms with van der Waals surface area (Å²) in [6.45, 7) is 0. The Morgan fingerprint density at radius 2 is 1.76 bits per heavy atom. The van der Waals surface area contributed by atoms with Crippen LogP contribution in [0.3, 0.4) is 0 Å². The van der Waals surface area contributed by atoms with E-state index in [2.05, 4.69) is 0 Å². The van der Waals surface area contributed by atoms with E-state index in [0.29, 0.717) is 25.2 Å². The second kappa shape index (κ2) is 9.03. The number of unbranched alkanes of at least 4 members (excludes halogenated alkanes) is 1. The minimum absolute atomic E-state index is 0.0485. The number of carbonyl (C=O) groups is 1. The van der Waals surface area contributed by atoms with Crippen molar-refractivity contribution >= 4 is 24.7 Å². The maximum atomic E-state index is 11.8. The maximum absolute atomic E-state index is 11.8. The van der Waals surface area contributed by atoms with E-state index in [1.807, 2.05) is 24.3 Å². The molecule has 1 unspecified atom stereocenters. The monoisotopic (exact) mass is 367 g/mol. The molecule has 1 saturated carbocycles. The highest BCUT2D eigenvalue weighted by Gasteiger charge is 2.43. The Morgan fingerprint density at radius 1 is 1.16 bits per heavy atom. The molecule has 1 fully saturated rings. The number of halogens is 1. The molecule has 25 heavy (non-hydrogen) atoms. The van der Waals surface area contributed by atoms with Crippen LogP contribution in [0.4, 0.5) is 0 Å². The SMILES string of the molecule is NC(CCCCB(O)O)(C(=O)O)C1CCC(c2ccc(Cl)cc2)CC1. The van der Waals surface area contributed by atoms with E-state index in [9.17, 15) is 9.90 Å². The van der Waals surface area contributed by atoms with Crippen molar-refractivity contribution in [2.24, 2.45) is 11.7 Å². The minimum atomic E-state index is -1.34. The first-order chi connectivity index (χ1) is 11.8. The molecular weight excluding hydrogens is 340 g/mol. The van der Waals surface area contributed by atoms with Crippen molar-refractivity contribution in [1.29, 1.82) is 0 Å². The fourth-order valence-corrected chi connectivity index (χ4v) is 4.03. The van der Waals surface area contributed by atoms with Gasteiger partial charge in [-0.3, -0.25) is 4.79 Å². The van der Waals surface area contributed by atoms with Crippen LogP contribution in [0.2, 0.25) is 11.3 Å². The molecule has 1 aliphatic carbocycles. The molecule has 0 bridgehead atoms. The standard InChI is InChI=1S/C18H27BClNO4/c20-16-9-5-14(6-10-16)13-3-7-15(8-4-13)18(21,17(22)23)11-1-2-12-19(24)25/h5-6,9-10,13,15,24-25H,1-4,7-8,11-12,21H2,(H,22,23). The zero-order valence-corrected chi connectivity index (χ0v) is 15.2. The highest BCUT2D eigenvalue weighted by molar-refractivity contribution is 6.40. The summed E-state index contributed by atoms with van der Waals surface area (Å²) >= 11 is 5.94. The smallest absolute Gasteiger partial charge is 0.451 e. The summed E-state index contributed by atoms with van der Waals surface area (Å²) in [5.41, 5.74) is 6.31. The molecule has 138 valence electrons. The summed E-state index contributed by atoms with van der Waals surface area (Å²) in [6, 6.07) is 7.87. The van der Waals surface area contributed by atoms with E-state index in [1.165, 1.54) is 5.56 Å². The minimum Gasteiger partial charge on any atom is -0.480 e. The Morgan fingerprint density at radius 3 is 2.28 bits per heavy atom. The van der Waals surface area contributed by atoms with E-state index < -0.39 is 18.6 Å². The Labute approximate surface area is 154 Å². The van der Waals surface area contributed by atoms with Crippen LogP contribution in [0.15, 0.2) is 24.3 Å². The third kappa shape index (κ3) is 5.45. The Balaban J connectivity index is 1.92. The largest absolute Gasteiger partial charge is 0.480 e. The molecule has 7 heteroatoms. The zero-order chi connectivity index (χ0) is 18.4. The lowest BCUT2D eigenvalue weighted by Crippen LogP contribution is -2.55. The normalized spacial score (nSPS) is 23.0. The first-order valence-electron chi connectivity index (χ1n) is 8.97. The summed E-state index contributed by atoms with van der Waals surface area (Å²) in [5.74, 6) is -0.573. The number of nitrogens with two attached hydrogens (primary N) is 1.